The van der Waals surface area contributed by atoms with Crippen LogP contribution < -0.4 is 5.32 Å². The first-order chi connectivity index (χ1) is 9.36. The molecule has 0 aliphatic heterocycles. The summed E-state index contributed by atoms with van der Waals surface area (Å²) in [5.74, 6) is -0.224. The zero-order chi connectivity index (χ0) is 13.3. The zero-order valence-electron chi connectivity index (χ0n) is 11.4. The van der Waals surface area contributed by atoms with E-state index in [1.54, 1.807) is 12.1 Å². The van der Waals surface area contributed by atoms with Crippen LogP contribution in [0.25, 0.3) is 0 Å². The highest BCUT2D eigenvalue weighted by Crippen LogP contribution is 2.17. The van der Waals surface area contributed by atoms with Crippen molar-refractivity contribution < 1.29 is 9.53 Å². The van der Waals surface area contributed by atoms with E-state index in [4.69, 9.17) is 4.74 Å². The van der Waals surface area contributed by atoms with Crippen LogP contribution in [0, 0.1) is 0 Å². The van der Waals surface area contributed by atoms with E-state index in [2.05, 4.69) is 5.32 Å². The van der Waals surface area contributed by atoms with Crippen LogP contribution in [-0.2, 0) is 4.74 Å². The molecule has 0 radical (unpaired) electrons. The standard InChI is InChI=1S/C16H23NO2/c18-16(14-8-3-1-4-9-14)19-13-7-12-17-15-10-5-2-6-11-15/h1,3-4,8-9,15,17H,2,5-7,10-13H2. The fourth-order valence-corrected chi connectivity index (χ4v) is 2.51. The van der Waals surface area contributed by atoms with Crippen LogP contribution in [0.15, 0.2) is 30.3 Å². The number of hydrogen-bond donors (Lipinski definition) is 1. The highest BCUT2D eigenvalue weighted by molar-refractivity contribution is 5.89. The van der Waals surface area contributed by atoms with E-state index in [9.17, 15) is 4.79 Å². The van der Waals surface area contributed by atoms with Crippen molar-refractivity contribution in [2.75, 3.05) is 13.2 Å². The van der Waals surface area contributed by atoms with E-state index in [0.717, 1.165) is 13.0 Å². The predicted molar refractivity (Wildman–Crippen MR) is 76.2 cm³/mol. The molecule has 1 aromatic carbocycles. The summed E-state index contributed by atoms with van der Waals surface area (Å²) in [7, 11) is 0. The van der Waals surface area contributed by atoms with Crippen LogP contribution >= 0.6 is 0 Å². The van der Waals surface area contributed by atoms with Gasteiger partial charge in [0.2, 0.25) is 0 Å². The van der Waals surface area contributed by atoms with Gasteiger partial charge in [0.25, 0.3) is 0 Å². The average Bonchev–Trinajstić information content (AvgIpc) is 2.49. The average molecular weight is 261 g/mol. The Labute approximate surface area is 115 Å². The first-order valence-electron chi connectivity index (χ1n) is 7.32. The van der Waals surface area contributed by atoms with Gasteiger partial charge in [-0.15, -0.1) is 0 Å². The number of hydrogen-bond acceptors (Lipinski definition) is 3. The Balaban J connectivity index is 1.55. The number of ether oxygens (including phenoxy) is 1. The lowest BCUT2D eigenvalue weighted by Crippen LogP contribution is -2.32. The second-order valence-corrected chi connectivity index (χ2v) is 5.14. The second kappa shape index (κ2) is 7.95. The van der Waals surface area contributed by atoms with Gasteiger partial charge in [-0.05, 0) is 37.9 Å². The zero-order valence-corrected chi connectivity index (χ0v) is 11.4. The quantitative estimate of drug-likeness (QED) is 0.631. The molecular weight excluding hydrogens is 238 g/mol. The first kappa shape index (κ1) is 14.1. The Hall–Kier alpha value is -1.35. The van der Waals surface area contributed by atoms with Gasteiger partial charge in [-0.3, -0.25) is 0 Å². The Kier molecular flexibility index (Phi) is 5.89. The van der Waals surface area contributed by atoms with Crippen LogP contribution in [0.5, 0.6) is 0 Å². The molecule has 0 amide bonds. The van der Waals surface area contributed by atoms with Crippen LogP contribution in [0.2, 0.25) is 0 Å². The van der Waals surface area contributed by atoms with Crippen molar-refractivity contribution in [1.29, 1.82) is 0 Å². The smallest absolute Gasteiger partial charge is 0.338 e. The molecule has 1 fully saturated rings. The molecule has 0 aromatic heterocycles. The van der Waals surface area contributed by atoms with Gasteiger partial charge < -0.3 is 10.1 Å². The molecule has 3 nitrogen and oxygen atoms in total. The molecule has 0 spiro atoms. The van der Waals surface area contributed by atoms with E-state index in [1.165, 1.54) is 32.1 Å². The maximum Gasteiger partial charge on any atom is 0.338 e. The lowest BCUT2D eigenvalue weighted by molar-refractivity contribution is 0.0499. The maximum absolute atomic E-state index is 11.7. The maximum atomic E-state index is 11.7. The molecule has 0 heterocycles. The van der Waals surface area contributed by atoms with E-state index in [0.29, 0.717) is 18.2 Å². The molecular formula is C16H23NO2. The fourth-order valence-electron chi connectivity index (χ4n) is 2.51. The summed E-state index contributed by atoms with van der Waals surface area (Å²) in [6, 6.07) is 9.83. The largest absolute Gasteiger partial charge is 0.462 e. The monoisotopic (exact) mass is 261 g/mol. The van der Waals surface area contributed by atoms with Crippen molar-refractivity contribution in [2.45, 2.75) is 44.6 Å². The molecule has 19 heavy (non-hydrogen) atoms. The predicted octanol–water partition coefficient (Wildman–Crippen LogP) is 3.16. The van der Waals surface area contributed by atoms with Crippen molar-refractivity contribution >= 4 is 5.97 Å². The van der Waals surface area contributed by atoms with Gasteiger partial charge in [-0.25, -0.2) is 4.79 Å². The van der Waals surface area contributed by atoms with Crippen molar-refractivity contribution in [3.63, 3.8) is 0 Å². The highest BCUT2D eigenvalue weighted by Gasteiger charge is 2.12. The summed E-state index contributed by atoms with van der Waals surface area (Å²) in [5, 5.41) is 3.54. The molecule has 0 atom stereocenters. The number of rotatable bonds is 6. The number of esters is 1. The minimum Gasteiger partial charge on any atom is -0.462 e. The Bertz CT molecular complexity index is 372. The van der Waals surface area contributed by atoms with Crippen LogP contribution in [-0.4, -0.2) is 25.2 Å². The van der Waals surface area contributed by atoms with Gasteiger partial charge in [-0.1, -0.05) is 37.5 Å². The normalized spacial score (nSPS) is 16.2. The van der Waals surface area contributed by atoms with Gasteiger partial charge in [0.05, 0.1) is 12.2 Å². The van der Waals surface area contributed by atoms with E-state index < -0.39 is 0 Å². The molecule has 1 aromatic rings. The third-order valence-electron chi connectivity index (χ3n) is 3.60. The molecule has 1 aliphatic rings. The summed E-state index contributed by atoms with van der Waals surface area (Å²) in [5.41, 5.74) is 0.628. The minimum absolute atomic E-state index is 0.224. The number of nitrogens with one attached hydrogen (secondary N) is 1. The van der Waals surface area contributed by atoms with Crippen LogP contribution in [0.4, 0.5) is 0 Å². The van der Waals surface area contributed by atoms with Gasteiger partial charge in [0.1, 0.15) is 0 Å². The molecule has 3 heteroatoms. The van der Waals surface area contributed by atoms with Crippen LogP contribution in [0.1, 0.15) is 48.9 Å². The highest BCUT2D eigenvalue weighted by atomic mass is 16.5. The SMILES string of the molecule is O=C(OCCCNC1CCCCC1)c1ccccc1. The third-order valence-corrected chi connectivity index (χ3v) is 3.60. The number of benzene rings is 1. The summed E-state index contributed by atoms with van der Waals surface area (Å²) >= 11 is 0. The molecule has 0 bridgehead atoms. The Morgan fingerprint density at radius 1 is 1.16 bits per heavy atom. The van der Waals surface area contributed by atoms with E-state index in [1.807, 2.05) is 18.2 Å². The number of carbonyl (C=O) groups is 1. The van der Waals surface area contributed by atoms with Crippen molar-refractivity contribution in [2.24, 2.45) is 0 Å². The van der Waals surface area contributed by atoms with Crippen molar-refractivity contribution in [3.05, 3.63) is 35.9 Å². The summed E-state index contributed by atoms with van der Waals surface area (Å²) < 4.78 is 5.24. The second-order valence-electron chi connectivity index (χ2n) is 5.14. The molecule has 1 N–H and O–H groups in total. The van der Waals surface area contributed by atoms with E-state index in [-0.39, 0.29) is 5.97 Å². The molecule has 1 saturated carbocycles. The summed E-state index contributed by atoms with van der Waals surface area (Å²) in [4.78, 5) is 11.7. The molecule has 104 valence electrons. The summed E-state index contributed by atoms with van der Waals surface area (Å²) in [6.45, 7) is 1.43. The Morgan fingerprint density at radius 3 is 2.63 bits per heavy atom. The molecule has 2 rings (SSSR count). The van der Waals surface area contributed by atoms with Gasteiger partial charge >= 0.3 is 5.97 Å². The lowest BCUT2D eigenvalue weighted by Gasteiger charge is -2.22. The van der Waals surface area contributed by atoms with Gasteiger partial charge in [-0.2, -0.15) is 0 Å². The Morgan fingerprint density at radius 2 is 1.89 bits per heavy atom. The van der Waals surface area contributed by atoms with Crippen molar-refractivity contribution in [3.8, 4) is 0 Å². The van der Waals surface area contributed by atoms with E-state index >= 15 is 0 Å². The molecule has 1 aliphatic carbocycles. The van der Waals surface area contributed by atoms with Gasteiger partial charge in [0.15, 0.2) is 0 Å². The van der Waals surface area contributed by atoms with Gasteiger partial charge in [0, 0.05) is 6.04 Å². The summed E-state index contributed by atoms with van der Waals surface area (Å²) in [6.07, 6.45) is 7.55. The third kappa shape index (κ3) is 5.03. The fraction of sp³-hybridized carbons (Fsp3) is 0.562. The molecule has 0 unspecified atom stereocenters. The first-order valence-corrected chi connectivity index (χ1v) is 7.32. The number of carbonyl (C=O) groups excluding carboxylic acids is 1. The van der Waals surface area contributed by atoms with Crippen molar-refractivity contribution in [1.82, 2.24) is 5.32 Å². The topological polar surface area (TPSA) is 38.3 Å². The lowest BCUT2D eigenvalue weighted by atomic mass is 9.95. The van der Waals surface area contributed by atoms with Crippen LogP contribution in [0.3, 0.4) is 0 Å². The molecule has 0 saturated heterocycles. The minimum atomic E-state index is -0.224.